The molecule has 2 rings (SSSR count). The zero-order chi connectivity index (χ0) is 14.5. The van der Waals surface area contributed by atoms with E-state index >= 15 is 0 Å². The molecule has 1 aromatic carbocycles. The lowest BCUT2D eigenvalue weighted by atomic mass is 10.2. The summed E-state index contributed by atoms with van der Waals surface area (Å²) in [7, 11) is 1.60. The second kappa shape index (κ2) is 6.31. The lowest BCUT2D eigenvalue weighted by Gasteiger charge is -2.10. The van der Waals surface area contributed by atoms with Gasteiger partial charge in [-0.05, 0) is 6.07 Å². The molecule has 7 heteroatoms. The van der Waals surface area contributed by atoms with Crippen molar-refractivity contribution in [2.45, 2.75) is 6.61 Å². The second-order valence-corrected chi connectivity index (χ2v) is 4.39. The molecule has 0 aliphatic carbocycles. The number of rotatable bonds is 5. The predicted molar refractivity (Wildman–Crippen MR) is 76.3 cm³/mol. The zero-order valence-electron chi connectivity index (χ0n) is 10.7. The van der Waals surface area contributed by atoms with Gasteiger partial charge in [0.2, 0.25) is 0 Å². The molecule has 0 bridgehead atoms. The number of nitrogens with zero attached hydrogens (tertiary/aromatic N) is 2. The van der Waals surface area contributed by atoms with E-state index in [4.69, 9.17) is 16.3 Å². The fraction of sp³-hybridized carbons (Fsp3) is 0.154. The lowest BCUT2D eigenvalue weighted by Crippen LogP contribution is -2.00. The van der Waals surface area contributed by atoms with Crippen molar-refractivity contribution >= 4 is 28.8 Å². The van der Waals surface area contributed by atoms with Crippen molar-refractivity contribution in [2.75, 3.05) is 12.4 Å². The number of pyridine rings is 1. The Kier molecular flexibility index (Phi) is 4.49. The van der Waals surface area contributed by atoms with Crippen LogP contribution >= 0.6 is 11.6 Å². The quantitative estimate of drug-likeness (QED) is 0.518. The number of nitro groups is 1. The summed E-state index contributed by atoms with van der Waals surface area (Å²) in [5, 5.41) is 13.9. The van der Waals surface area contributed by atoms with Gasteiger partial charge in [0.1, 0.15) is 11.0 Å². The van der Waals surface area contributed by atoms with Crippen molar-refractivity contribution in [1.29, 1.82) is 0 Å². The van der Waals surface area contributed by atoms with Crippen LogP contribution in [0.1, 0.15) is 5.56 Å². The van der Waals surface area contributed by atoms with Crippen molar-refractivity contribution in [3.05, 3.63) is 57.2 Å². The number of anilines is 2. The van der Waals surface area contributed by atoms with E-state index < -0.39 is 4.92 Å². The van der Waals surface area contributed by atoms with Crippen molar-refractivity contribution in [3.8, 4) is 0 Å². The second-order valence-electron chi connectivity index (χ2n) is 4.01. The van der Waals surface area contributed by atoms with Crippen LogP contribution in [0.3, 0.4) is 0 Å². The molecule has 1 N–H and O–H groups in total. The Morgan fingerprint density at radius 3 is 2.85 bits per heavy atom. The van der Waals surface area contributed by atoms with E-state index in [1.165, 1.54) is 12.1 Å². The first-order valence-corrected chi connectivity index (χ1v) is 6.14. The van der Waals surface area contributed by atoms with Crippen LogP contribution in [-0.2, 0) is 11.3 Å². The molecule has 0 unspecified atom stereocenters. The topological polar surface area (TPSA) is 77.3 Å². The Morgan fingerprint density at radius 2 is 2.15 bits per heavy atom. The number of halogens is 1. The number of aromatic nitrogens is 1. The summed E-state index contributed by atoms with van der Waals surface area (Å²) in [4.78, 5) is 14.3. The minimum atomic E-state index is -0.514. The van der Waals surface area contributed by atoms with Crippen molar-refractivity contribution < 1.29 is 9.66 Å². The van der Waals surface area contributed by atoms with Gasteiger partial charge < -0.3 is 10.1 Å². The maximum absolute atomic E-state index is 10.8. The number of methoxy groups -OCH3 is 1. The summed E-state index contributed by atoms with van der Waals surface area (Å²) in [6, 6.07) is 9.99. The molecule has 0 radical (unpaired) electrons. The van der Waals surface area contributed by atoms with E-state index in [9.17, 15) is 10.1 Å². The lowest BCUT2D eigenvalue weighted by molar-refractivity contribution is -0.384. The summed E-state index contributed by atoms with van der Waals surface area (Å²) in [6.45, 7) is 0.422. The van der Waals surface area contributed by atoms with Crippen LogP contribution in [0.2, 0.25) is 5.15 Å². The fourth-order valence-corrected chi connectivity index (χ4v) is 1.92. The normalized spacial score (nSPS) is 10.3. The molecule has 0 saturated heterocycles. The van der Waals surface area contributed by atoms with E-state index in [0.717, 1.165) is 11.3 Å². The molecule has 0 atom stereocenters. The molecular formula is C13H12ClN3O3. The van der Waals surface area contributed by atoms with E-state index in [1.807, 2.05) is 24.3 Å². The standard InChI is InChI=1S/C13H12ClN3O3/c1-20-8-9-4-2-3-5-11(9)15-13-7-10(17(18)19)6-12(14)16-13/h2-7H,8H2,1H3,(H,15,16). The molecule has 1 aromatic heterocycles. The Morgan fingerprint density at radius 1 is 1.40 bits per heavy atom. The molecule has 0 saturated carbocycles. The minimum Gasteiger partial charge on any atom is -0.380 e. The van der Waals surface area contributed by atoms with Crippen molar-refractivity contribution in [2.24, 2.45) is 0 Å². The van der Waals surface area contributed by atoms with Gasteiger partial charge in [0.15, 0.2) is 0 Å². The molecule has 0 aliphatic heterocycles. The first-order valence-electron chi connectivity index (χ1n) is 5.76. The van der Waals surface area contributed by atoms with E-state index in [-0.39, 0.29) is 10.8 Å². The van der Waals surface area contributed by atoms with Gasteiger partial charge in [0, 0.05) is 18.4 Å². The molecule has 2 aromatic rings. The minimum absolute atomic E-state index is 0.0610. The first kappa shape index (κ1) is 14.2. The number of hydrogen-bond acceptors (Lipinski definition) is 5. The fourth-order valence-electron chi connectivity index (χ4n) is 1.71. The highest BCUT2D eigenvalue weighted by molar-refractivity contribution is 6.29. The number of ether oxygens (including phenoxy) is 1. The van der Waals surface area contributed by atoms with Crippen molar-refractivity contribution in [1.82, 2.24) is 4.98 Å². The smallest absolute Gasteiger partial charge is 0.276 e. The molecule has 0 amide bonds. The Balaban J connectivity index is 2.32. The van der Waals surface area contributed by atoms with Gasteiger partial charge >= 0.3 is 0 Å². The van der Waals surface area contributed by atoms with Crippen LogP contribution in [0.4, 0.5) is 17.2 Å². The average molecular weight is 294 g/mol. The van der Waals surface area contributed by atoms with Crippen LogP contribution < -0.4 is 5.32 Å². The predicted octanol–water partition coefficient (Wildman–Crippen LogP) is 3.53. The Hall–Kier alpha value is -2.18. The summed E-state index contributed by atoms with van der Waals surface area (Å²) >= 11 is 5.78. The maximum Gasteiger partial charge on any atom is 0.276 e. The summed E-state index contributed by atoms with van der Waals surface area (Å²) in [6.07, 6.45) is 0. The number of hydrogen-bond donors (Lipinski definition) is 1. The molecule has 104 valence electrons. The number of nitrogens with one attached hydrogen (secondary N) is 1. The molecular weight excluding hydrogens is 282 g/mol. The highest BCUT2D eigenvalue weighted by Gasteiger charge is 2.11. The van der Waals surface area contributed by atoms with Gasteiger partial charge in [-0.25, -0.2) is 4.98 Å². The monoisotopic (exact) mass is 293 g/mol. The Labute approximate surface area is 120 Å². The van der Waals surface area contributed by atoms with Crippen LogP contribution in [0.15, 0.2) is 36.4 Å². The molecule has 0 aliphatic rings. The summed E-state index contributed by atoms with van der Waals surface area (Å²) < 4.78 is 5.10. The van der Waals surface area contributed by atoms with Crippen LogP contribution in [-0.4, -0.2) is 17.0 Å². The van der Waals surface area contributed by atoms with E-state index in [2.05, 4.69) is 10.3 Å². The molecule has 0 fully saturated rings. The third kappa shape index (κ3) is 3.43. The van der Waals surface area contributed by atoms with E-state index in [0.29, 0.717) is 12.4 Å². The van der Waals surface area contributed by atoms with Crippen LogP contribution in [0.5, 0.6) is 0 Å². The zero-order valence-corrected chi connectivity index (χ0v) is 11.4. The largest absolute Gasteiger partial charge is 0.380 e. The SMILES string of the molecule is COCc1ccccc1Nc1cc([N+](=O)[O-])cc(Cl)n1. The van der Waals surface area contributed by atoms with Crippen LogP contribution in [0.25, 0.3) is 0 Å². The maximum atomic E-state index is 10.8. The van der Waals surface area contributed by atoms with Gasteiger partial charge in [0.05, 0.1) is 23.7 Å². The molecule has 1 heterocycles. The molecule has 20 heavy (non-hydrogen) atoms. The van der Waals surface area contributed by atoms with E-state index in [1.54, 1.807) is 7.11 Å². The third-order valence-corrected chi connectivity index (χ3v) is 2.76. The van der Waals surface area contributed by atoms with Gasteiger partial charge in [0.25, 0.3) is 5.69 Å². The third-order valence-electron chi connectivity index (χ3n) is 2.57. The Bertz CT molecular complexity index is 634. The van der Waals surface area contributed by atoms with Gasteiger partial charge in [-0.15, -0.1) is 0 Å². The average Bonchev–Trinajstić information content (AvgIpc) is 2.40. The highest BCUT2D eigenvalue weighted by Crippen LogP contribution is 2.25. The van der Waals surface area contributed by atoms with Gasteiger partial charge in [-0.2, -0.15) is 0 Å². The van der Waals surface area contributed by atoms with Crippen molar-refractivity contribution in [3.63, 3.8) is 0 Å². The highest BCUT2D eigenvalue weighted by atomic mass is 35.5. The van der Waals surface area contributed by atoms with Gasteiger partial charge in [-0.3, -0.25) is 10.1 Å². The summed E-state index contributed by atoms with van der Waals surface area (Å²) in [5.74, 6) is 0.313. The van der Waals surface area contributed by atoms with Gasteiger partial charge in [-0.1, -0.05) is 29.8 Å². The number of benzene rings is 1. The number of para-hydroxylation sites is 1. The molecule has 0 spiro atoms. The first-order chi connectivity index (χ1) is 9.60. The van der Waals surface area contributed by atoms with Crippen LogP contribution in [0, 0.1) is 10.1 Å². The summed E-state index contributed by atoms with van der Waals surface area (Å²) in [5.41, 5.74) is 1.56. The molecule has 6 nitrogen and oxygen atoms in total.